The number of likely N-dealkylation sites (N-methyl/N-ethyl adjacent to an activating group) is 1. The van der Waals surface area contributed by atoms with Gasteiger partial charge in [0.25, 0.3) is 5.91 Å². The molecule has 2 heterocycles. The molecule has 3 aromatic rings. The molecule has 6 nitrogen and oxygen atoms in total. The van der Waals surface area contributed by atoms with Crippen molar-refractivity contribution >= 4 is 17.2 Å². The largest absolute Gasteiger partial charge is 0.346 e. The van der Waals surface area contributed by atoms with Crippen LogP contribution in [0.3, 0.4) is 0 Å². The van der Waals surface area contributed by atoms with E-state index in [2.05, 4.69) is 32.4 Å². The smallest absolute Gasteiger partial charge is 0.271 e. The maximum absolute atomic E-state index is 12.7. The zero-order valence-corrected chi connectivity index (χ0v) is 16.0. The maximum atomic E-state index is 12.7. The van der Waals surface area contributed by atoms with E-state index in [0.29, 0.717) is 5.69 Å². The fourth-order valence-corrected chi connectivity index (χ4v) is 3.58. The summed E-state index contributed by atoms with van der Waals surface area (Å²) >= 11 is 1.45. The number of hydrogen-bond acceptors (Lipinski definition) is 5. The number of nitrogens with zero attached hydrogens (tertiary/aromatic N) is 4. The fourth-order valence-electron chi connectivity index (χ4n) is 2.80. The molecule has 1 amide bonds. The van der Waals surface area contributed by atoms with E-state index < -0.39 is 0 Å². The second-order valence-corrected chi connectivity index (χ2v) is 7.42. The molecule has 3 rings (SSSR count). The normalized spacial score (nSPS) is 12.3. The zero-order valence-electron chi connectivity index (χ0n) is 15.2. The summed E-state index contributed by atoms with van der Waals surface area (Å²) in [7, 11) is 5.88. The van der Waals surface area contributed by atoms with E-state index in [4.69, 9.17) is 0 Å². The van der Waals surface area contributed by atoms with E-state index in [1.165, 1.54) is 16.9 Å². The Balaban J connectivity index is 1.70. The van der Waals surface area contributed by atoms with Gasteiger partial charge in [0, 0.05) is 36.8 Å². The van der Waals surface area contributed by atoms with Gasteiger partial charge in [0.05, 0.1) is 6.20 Å². The number of amides is 1. The van der Waals surface area contributed by atoms with Gasteiger partial charge in [-0.25, -0.2) is 4.98 Å². The van der Waals surface area contributed by atoms with Crippen molar-refractivity contribution in [2.24, 2.45) is 7.05 Å². The molecule has 1 aromatic carbocycles. The second kappa shape index (κ2) is 8.25. The van der Waals surface area contributed by atoms with Gasteiger partial charge >= 0.3 is 0 Å². The van der Waals surface area contributed by atoms with E-state index in [1.807, 2.05) is 45.5 Å². The van der Waals surface area contributed by atoms with E-state index in [-0.39, 0.29) is 11.9 Å². The molecule has 136 valence electrons. The first kappa shape index (κ1) is 18.3. The molecule has 0 spiro atoms. The molecule has 0 unspecified atom stereocenters. The van der Waals surface area contributed by atoms with Crippen LogP contribution >= 0.6 is 11.3 Å². The van der Waals surface area contributed by atoms with Crippen LogP contribution in [0, 0.1) is 0 Å². The standard InChI is InChI=1S/C19H23N5OS/c1-23(2)12-16(9-14-7-5-4-6-8-14)21-18(25)17-13-26-19(22-17)15-10-20-24(3)11-15/h4-8,10-11,13,16H,9,12H2,1-3H3,(H,21,25)/t16-/m0/s1. The van der Waals surface area contributed by atoms with Gasteiger partial charge in [0.15, 0.2) is 0 Å². The van der Waals surface area contributed by atoms with Crippen molar-refractivity contribution < 1.29 is 4.79 Å². The van der Waals surface area contributed by atoms with Crippen LogP contribution in [0.4, 0.5) is 0 Å². The minimum atomic E-state index is -0.140. The monoisotopic (exact) mass is 369 g/mol. The lowest BCUT2D eigenvalue weighted by Gasteiger charge is -2.22. The highest BCUT2D eigenvalue weighted by Crippen LogP contribution is 2.23. The third kappa shape index (κ3) is 4.77. The van der Waals surface area contributed by atoms with Crippen LogP contribution in [-0.2, 0) is 13.5 Å². The van der Waals surface area contributed by atoms with Crippen LogP contribution < -0.4 is 5.32 Å². The lowest BCUT2D eigenvalue weighted by Crippen LogP contribution is -2.43. The molecule has 0 radical (unpaired) electrons. The van der Waals surface area contributed by atoms with Crippen molar-refractivity contribution in [2.75, 3.05) is 20.6 Å². The SMILES string of the molecule is CN(C)C[C@H](Cc1ccccc1)NC(=O)c1csc(-c2cnn(C)c2)n1. The Morgan fingerprint density at radius 2 is 2.08 bits per heavy atom. The van der Waals surface area contributed by atoms with Gasteiger partial charge in [-0.05, 0) is 26.1 Å². The minimum Gasteiger partial charge on any atom is -0.346 e. The average molecular weight is 369 g/mol. The highest BCUT2D eigenvalue weighted by atomic mass is 32.1. The van der Waals surface area contributed by atoms with Crippen LogP contribution in [0.1, 0.15) is 16.1 Å². The lowest BCUT2D eigenvalue weighted by molar-refractivity contribution is 0.0926. The first-order valence-electron chi connectivity index (χ1n) is 8.45. The molecule has 0 bridgehead atoms. The maximum Gasteiger partial charge on any atom is 0.271 e. The summed E-state index contributed by atoms with van der Waals surface area (Å²) in [6.07, 6.45) is 4.43. The highest BCUT2D eigenvalue weighted by molar-refractivity contribution is 7.13. The molecule has 0 aliphatic carbocycles. The van der Waals surface area contributed by atoms with Crippen LogP contribution in [0.25, 0.3) is 10.6 Å². The summed E-state index contributed by atoms with van der Waals surface area (Å²) < 4.78 is 1.73. The van der Waals surface area contributed by atoms with Crippen LogP contribution in [0.2, 0.25) is 0 Å². The van der Waals surface area contributed by atoms with E-state index in [9.17, 15) is 4.79 Å². The number of thiazole rings is 1. The minimum absolute atomic E-state index is 0.0171. The summed E-state index contributed by atoms with van der Waals surface area (Å²) in [4.78, 5) is 19.2. The molecule has 0 fully saturated rings. The van der Waals surface area contributed by atoms with Crippen molar-refractivity contribution in [1.82, 2.24) is 25.0 Å². The summed E-state index contributed by atoms with van der Waals surface area (Å²) in [6.45, 7) is 0.764. The third-order valence-electron chi connectivity index (χ3n) is 3.93. The van der Waals surface area contributed by atoms with Gasteiger partial charge in [-0.2, -0.15) is 5.10 Å². The Bertz CT molecular complexity index is 856. The molecule has 0 saturated carbocycles. The van der Waals surface area contributed by atoms with Gasteiger partial charge in [-0.15, -0.1) is 11.3 Å². The quantitative estimate of drug-likeness (QED) is 0.695. The number of carbonyl (C=O) groups is 1. The van der Waals surface area contributed by atoms with Gasteiger partial charge < -0.3 is 10.2 Å². The zero-order chi connectivity index (χ0) is 18.5. The Labute approximate surface area is 157 Å². The Kier molecular flexibility index (Phi) is 5.80. The first-order chi connectivity index (χ1) is 12.5. The summed E-state index contributed by atoms with van der Waals surface area (Å²) in [5, 5.41) is 9.88. The molecular weight excluding hydrogens is 346 g/mol. The summed E-state index contributed by atoms with van der Waals surface area (Å²) in [5.41, 5.74) is 2.57. The predicted octanol–water partition coefficient (Wildman–Crippen LogP) is 2.45. The average Bonchev–Trinajstić information content (AvgIpc) is 3.24. The Morgan fingerprint density at radius 1 is 1.31 bits per heavy atom. The number of rotatable bonds is 7. The van der Waals surface area contributed by atoms with Gasteiger partial charge in [-0.3, -0.25) is 9.48 Å². The van der Waals surface area contributed by atoms with Crippen LogP contribution in [-0.4, -0.2) is 52.3 Å². The van der Waals surface area contributed by atoms with E-state index >= 15 is 0 Å². The molecule has 1 N–H and O–H groups in total. The number of nitrogens with one attached hydrogen (secondary N) is 1. The molecular formula is C19H23N5OS. The molecule has 7 heteroatoms. The molecule has 0 aliphatic rings. The van der Waals surface area contributed by atoms with Gasteiger partial charge in [0.2, 0.25) is 0 Å². The second-order valence-electron chi connectivity index (χ2n) is 6.56. The molecule has 1 atom stereocenters. The Hall–Kier alpha value is -2.51. The Morgan fingerprint density at radius 3 is 2.73 bits per heavy atom. The van der Waals surface area contributed by atoms with E-state index in [1.54, 1.807) is 16.3 Å². The van der Waals surface area contributed by atoms with Gasteiger partial charge in [0.1, 0.15) is 10.7 Å². The molecule has 2 aromatic heterocycles. The lowest BCUT2D eigenvalue weighted by atomic mass is 10.1. The summed E-state index contributed by atoms with van der Waals surface area (Å²) in [6, 6.07) is 10.2. The van der Waals surface area contributed by atoms with Crippen LogP contribution in [0.5, 0.6) is 0 Å². The molecule has 0 aliphatic heterocycles. The van der Waals surface area contributed by atoms with Crippen LogP contribution in [0.15, 0.2) is 48.1 Å². The fraction of sp³-hybridized carbons (Fsp3) is 0.316. The van der Waals surface area contributed by atoms with Gasteiger partial charge in [-0.1, -0.05) is 30.3 Å². The van der Waals surface area contributed by atoms with Crippen molar-refractivity contribution in [3.05, 3.63) is 59.4 Å². The number of carbonyl (C=O) groups excluding carboxylic acids is 1. The topological polar surface area (TPSA) is 63.1 Å². The molecule has 26 heavy (non-hydrogen) atoms. The number of aryl methyl sites for hydroxylation is 1. The third-order valence-corrected chi connectivity index (χ3v) is 4.83. The molecule has 0 saturated heterocycles. The first-order valence-corrected chi connectivity index (χ1v) is 9.33. The van der Waals surface area contributed by atoms with Crippen molar-refractivity contribution in [3.63, 3.8) is 0 Å². The highest BCUT2D eigenvalue weighted by Gasteiger charge is 2.18. The van der Waals surface area contributed by atoms with Crippen molar-refractivity contribution in [2.45, 2.75) is 12.5 Å². The summed E-state index contributed by atoms with van der Waals surface area (Å²) in [5.74, 6) is -0.140. The number of aromatic nitrogens is 3. The van der Waals surface area contributed by atoms with E-state index in [0.717, 1.165) is 23.5 Å². The number of benzene rings is 1. The van der Waals surface area contributed by atoms with Crippen molar-refractivity contribution in [3.8, 4) is 10.6 Å². The predicted molar refractivity (Wildman–Crippen MR) is 104 cm³/mol. The van der Waals surface area contributed by atoms with Crippen molar-refractivity contribution in [1.29, 1.82) is 0 Å². The number of hydrogen-bond donors (Lipinski definition) is 1.